The van der Waals surface area contributed by atoms with Crippen molar-refractivity contribution in [3.05, 3.63) is 78.1 Å². The highest BCUT2D eigenvalue weighted by Crippen LogP contribution is 2.29. The topological polar surface area (TPSA) is 79.3 Å². The molecule has 0 N–H and O–H groups in total. The smallest absolute Gasteiger partial charge is 0.223 e. The molecular formula is C21H13FNO4-. The molecule has 2 aromatic heterocycles. The Hall–Kier alpha value is -3.67. The number of halogens is 1. The molecule has 2 heterocycles. The molecule has 0 aliphatic rings. The van der Waals surface area contributed by atoms with Crippen LogP contribution in [0.15, 0.2) is 69.5 Å². The van der Waals surface area contributed by atoms with Gasteiger partial charge < -0.3 is 18.7 Å². The number of carboxylic acid groups (broad SMARTS) is 1. The van der Waals surface area contributed by atoms with E-state index in [2.05, 4.69) is 4.98 Å². The van der Waals surface area contributed by atoms with Gasteiger partial charge in [-0.25, -0.2) is 9.37 Å². The van der Waals surface area contributed by atoms with Crippen molar-refractivity contribution in [3.8, 4) is 11.3 Å². The second-order valence-corrected chi connectivity index (χ2v) is 5.89. The maximum atomic E-state index is 13.9. The Kier molecular flexibility index (Phi) is 4.30. The third-order valence-corrected chi connectivity index (χ3v) is 3.99. The number of oxazole rings is 1. The van der Waals surface area contributed by atoms with Gasteiger partial charge in [0.15, 0.2) is 5.58 Å². The summed E-state index contributed by atoms with van der Waals surface area (Å²) >= 11 is 0. The van der Waals surface area contributed by atoms with Crippen LogP contribution >= 0.6 is 0 Å². The first-order valence-electron chi connectivity index (χ1n) is 8.21. The third kappa shape index (κ3) is 3.50. The first-order valence-corrected chi connectivity index (χ1v) is 8.21. The van der Waals surface area contributed by atoms with Crippen LogP contribution in [0.3, 0.4) is 0 Å². The summed E-state index contributed by atoms with van der Waals surface area (Å²) in [6.45, 7) is 0. The van der Waals surface area contributed by atoms with Gasteiger partial charge in [-0.1, -0.05) is 24.3 Å². The zero-order valence-corrected chi connectivity index (χ0v) is 14.0. The van der Waals surface area contributed by atoms with E-state index in [0.717, 1.165) is 0 Å². The third-order valence-electron chi connectivity index (χ3n) is 3.99. The van der Waals surface area contributed by atoms with Crippen molar-refractivity contribution in [1.82, 2.24) is 4.98 Å². The minimum atomic E-state index is -1.27. The van der Waals surface area contributed by atoms with E-state index in [0.29, 0.717) is 33.8 Å². The number of fused-ring (bicyclic) bond motifs is 1. The number of rotatable bonds is 5. The summed E-state index contributed by atoms with van der Waals surface area (Å²) in [5.74, 6) is -0.818. The van der Waals surface area contributed by atoms with Crippen LogP contribution in [0.5, 0.6) is 0 Å². The number of nitrogens with zero attached hydrogens (tertiary/aromatic N) is 1. The summed E-state index contributed by atoms with van der Waals surface area (Å²) in [6, 6.07) is 16.6. The molecule has 2 aromatic carbocycles. The molecular weight excluding hydrogens is 349 g/mol. The fraction of sp³-hybridized carbons (Fsp3) is 0.0476. The van der Waals surface area contributed by atoms with Crippen LogP contribution in [0.25, 0.3) is 34.1 Å². The molecule has 6 heteroatoms. The Labute approximate surface area is 153 Å². The summed E-state index contributed by atoms with van der Waals surface area (Å²) in [4.78, 5) is 15.5. The van der Waals surface area contributed by atoms with Crippen molar-refractivity contribution in [2.24, 2.45) is 0 Å². The Morgan fingerprint density at radius 1 is 1.04 bits per heavy atom. The number of hydrogen-bond donors (Lipinski definition) is 0. The number of benzene rings is 2. The van der Waals surface area contributed by atoms with E-state index in [9.17, 15) is 14.3 Å². The molecule has 0 radical (unpaired) electrons. The largest absolute Gasteiger partial charge is 0.550 e. The van der Waals surface area contributed by atoms with Gasteiger partial charge in [0, 0.05) is 18.0 Å². The first kappa shape index (κ1) is 16.8. The van der Waals surface area contributed by atoms with Gasteiger partial charge >= 0.3 is 0 Å². The second-order valence-electron chi connectivity index (χ2n) is 5.89. The second kappa shape index (κ2) is 6.92. The Balaban J connectivity index is 1.73. The molecule has 0 amide bonds. The minimum Gasteiger partial charge on any atom is -0.550 e. The number of furan rings is 1. The molecule has 0 atom stereocenters. The maximum absolute atomic E-state index is 13.9. The van der Waals surface area contributed by atoms with E-state index >= 15 is 0 Å². The highest BCUT2D eigenvalue weighted by atomic mass is 19.1. The standard InChI is InChI=1S/C21H14FNO4/c22-16-6-2-1-5-15(16)18-10-9-14(26-18)11-13(12-20(24)25)21-23-17-7-3-4-8-19(17)27-21/h1-11H,12H2,(H,24,25)/p-1/b13-11+. The molecule has 27 heavy (non-hydrogen) atoms. The van der Waals surface area contributed by atoms with E-state index in [1.54, 1.807) is 48.5 Å². The zero-order chi connectivity index (χ0) is 18.8. The van der Waals surface area contributed by atoms with E-state index in [1.807, 2.05) is 6.07 Å². The van der Waals surface area contributed by atoms with Gasteiger partial charge in [0.2, 0.25) is 5.89 Å². The zero-order valence-electron chi connectivity index (χ0n) is 14.0. The minimum absolute atomic E-state index is 0.171. The van der Waals surface area contributed by atoms with Crippen LogP contribution < -0.4 is 5.11 Å². The molecule has 4 aromatic rings. The number of carbonyl (C=O) groups excluding carboxylic acids is 1. The molecule has 0 spiro atoms. The SMILES string of the molecule is O=C([O-])C/C(=C\c1ccc(-c2ccccc2F)o1)c1nc2ccccc2o1. The van der Waals surface area contributed by atoms with Gasteiger partial charge in [-0.15, -0.1) is 0 Å². The highest BCUT2D eigenvalue weighted by Gasteiger charge is 2.14. The van der Waals surface area contributed by atoms with Gasteiger partial charge in [0.1, 0.15) is 22.9 Å². The summed E-state index contributed by atoms with van der Waals surface area (Å²) in [5, 5.41) is 11.2. The van der Waals surface area contributed by atoms with Crippen molar-refractivity contribution in [3.63, 3.8) is 0 Å². The summed E-state index contributed by atoms with van der Waals surface area (Å²) in [6.07, 6.45) is 1.10. The van der Waals surface area contributed by atoms with Crippen molar-refractivity contribution in [2.45, 2.75) is 6.42 Å². The number of hydrogen-bond acceptors (Lipinski definition) is 5. The number of carboxylic acids is 1. The summed E-state index contributed by atoms with van der Waals surface area (Å²) in [5.41, 5.74) is 1.77. The van der Waals surface area contributed by atoms with E-state index in [1.165, 1.54) is 12.1 Å². The van der Waals surface area contributed by atoms with Gasteiger partial charge in [-0.3, -0.25) is 0 Å². The van der Waals surface area contributed by atoms with Crippen LogP contribution in [-0.2, 0) is 4.79 Å². The van der Waals surface area contributed by atoms with Crippen molar-refractivity contribution in [2.75, 3.05) is 0 Å². The molecule has 4 rings (SSSR count). The van der Waals surface area contributed by atoms with Gasteiger partial charge in [0.25, 0.3) is 0 Å². The van der Waals surface area contributed by atoms with E-state index in [-0.39, 0.29) is 5.89 Å². The number of para-hydroxylation sites is 2. The molecule has 0 aliphatic carbocycles. The van der Waals surface area contributed by atoms with Crippen LogP contribution in [0, 0.1) is 5.82 Å². The molecule has 0 unspecified atom stereocenters. The number of aliphatic carboxylic acids is 1. The lowest BCUT2D eigenvalue weighted by atomic mass is 10.1. The summed E-state index contributed by atoms with van der Waals surface area (Å²) in [7, 11) is 0. The van der Waals surface area contributed by atoms with Crippen LogP contribution in [0.2, 0.25) is 0 Å². The monoisotopic (exact) mass is 362 g/mol. The van der Waals surface area contributed by atoms with Crippen LogP contribution in [0.4, 0.5) is 4.39 Å². The molecule has 0 saturated heterocycles. The maximum Gasteiger partial charge on any atom is 0.223 e. The van der Waals surface area contributed by atoms with E-state index < -0.39 is 18.2 Å². The number of aromatic nitrogens is 1. The normalized spacial score (nSPS) is 11.8. The molecule has 0 bridgehead atoms. The predicted molar refractivity (Wildman–Crippen MR) is 95.6 cm³/mol. The fourth-order valence-corrected chi connectivity index (χ4v) is 2.76. The predicted octanol–water partition coefficient (Wildman–Crippen LogP) is 3.91. The Morgan fingerprint density at radius 2 is 1.81 bits per heavy atom. The van der Waals surface area contributed by atoms with Crippen molar-refractivity contribution < 1.29 is 23.1 Å². The highest BCUT2D eigenvalue weighted by molar-refractivity contribution is 5.89. The summed E-state index contributed by atoms with van der Waals surface area (Å²) < 4.78 is 25.2. The van der Waals surface area contributed by atoms with Crippen LogP contribution in [-0.4, -0.2) is 11.0 Å². The Morgan fingerprint density at radius 3 is 2.59 bits per heavy atom. The lowest BCUT2D eigenvalue weighted by Gasteiger charge is -2.04. The number of carbonyl (C=O) groups is 1. The molecule has 5 nitrogen and oxygen atoms in total. The molecule has 134 valence electrons. The molecule has 0 fully saturated rings. The van der Waals surface area contributed by atoms with Crippen molar-refractivity contribution in [1.29, 1.82) is 0 Å². The van der Waals surface area contributed by atoms with E-state index in [4.69, 9.17) is 8.83 Å². The van der Waals surface area contributed by atoms with Gasteiger partial charge in [0.05, 0.1) is 5.56 Å². The van der Waals surface area contributed by atoms with Gasteiger partial charge in [-0.05, 0) is 42.5 Å². The lowest BCUT2D eigenvalue weighted by Crippen LogP contribution is -2.22. The average molecular weight is 362 g/mol. The van der Waals surface area contributed by atoms with Crippen molar-refractivity contribution >= 4 is 28.7 Å². The quantitative estimate of drug-likeness (QED) is 0.538. The van der Waals surface area contributed by atoms with Gasteiger partial charge in [-0.2, -0.15) is 0 Å². The van der Waals surface area contributed by atoms with Crippen LogP contribution in [0.1, 0.15) is 18.1 Å². The average Bonchev–Trinajstić information content (AvgIpc) is 3.28. The Bertz CT molecular complexity index is 1120. The lowest BCUT2D eigenvalue weighted by molar-refractivity contribution is -0.304. The fourth-order valence-electron chi connectivity index (χ4n) is 2.76. The molecule has 0 saturated carbocycles. The molecule has 0 aliphatic heterocycles. The first-order chi connectivity index (χ1) is 13.1.